The molecule has 0 radical (unpaired) electrons. The Balaban J connectivity index is 2.40. The topological polar surface area (TPSA) is 92.9 Å². The molecule has 1 aromatic rings. The summed E-state index contributed by atoms with van der Waals surface area (Å²) < 4.78 is 0.612. The molecular weight excluding hydrogens is 274 g/mol. The van der Waals surface area contributed by atoms with Crippen LogP contribution >= 0.6 is 15.9 Å². The minimum absolute atomic E-state index is 0.00188. The van der Waals surface area contributed by atoms with Crippen molar-refractivity contribution in [2.75, 3.05) is 24.1 Å². The quantitative estimate of drug-likeness (QED) is 0.696. The lowest BCUT2D eigenvalue weighted by Gasteiger charge is -2.05. The molecule has 16 heavy (non-hydrogen) atoms. The number of carbonyl (C=O) groups excluding carboxylic acids is 1. The molecule has 0 spiro atoms. The molecular formula is C9H14BrN5O. The van der Waals surface area contributed by atoms with Gasteiger partial charge in [0.05, 0.1) is 0 Å². The highest BCUT2D eigenvalue weighted by atomic mass is 79.9. The van der Waals surface area contributed by atoms with Crippen LogP contribution in [0.1, 0.15) is 13.3 Å². The predicted octanol–water partition coefficient (Wildman–Crippen LogP) is 0.759. The Hall–Kier alpha value is -1.37. The summed E-state index contributed by atoms with van der Waals surface area (Å²) >= 11 is 3.21. The lowest BCUT2D eigenvalue weighted by molar-refractivity contribution is -0.120. The van der Waals surface area contributed by atoms with Crippen LogP contribution in [0, 0.1) is 0 Å². The van der Waals surface area contributed by atoms with Crippen molar-refractivity contribution < 1.29 is 4.79 Å². The Morgan fingerprint density at radius 2 is 2.31 bits per heavy atom. The van der Waals surface area contributed by atoms with Crippen molar-refractivity contribution in [2.45, 2.75) is 13.3 Å². The molecule has 0 aliphatic rings. The number of hydrogen-bond donors (Lipinski definition) is 3. The Labute approximate surface area is 102 Å². The summed E-state index contributed by atoms with van der Waals surface area (Å²) in [7, 11) is 0. The molecule has 4 N–H and O–H groups in total. The van der Waals surface area contributed by atoms with Crippen LogP contribution in [0.25, 0.3) is 0 Å². The number of nitrogens with two attached hydrogens (primary N) is 1. The monoisotopic (exact) mass is 287 g/mol. The third-order valence-electron chi connectivity index (χ3n) is 1.72. The van der Waals surface area contributed by atoms with E-state index >= 15 is 0 Å². The van der Waals surface area contributed by atoms with Crippen LogP contribution < -0.4 is 16.4 Å². The molecule has 88 valence electrons. The van der Waals surface area contributed by atoms with Gasteiger partial charge in [-0.05, 0) is 22.9 Å². The van der Waals surface area contributed by atoms with E-state index in [9.17, 15) is 4.79 Å². The van der Waals surface area contributed by atoms with Crippen molar-refractivity contribution in [3.63, 3.8) is 0 Å². The van der Waals surface area contributed by atoms with Crippen LogP contribution in [-0.2, 0) is 4.79 Å². The Kier molecular flexibility index (Phi) is 4.97. The molecule has 0 fully saturated rings. The largest absolute Gasteiger partial charge is 0.383 e. The van der Waals surface area contributed by atoms with Crippen LogP contribution in [0.15, 0.2) is 10.7 Å². The summed E-state index contributed by atoms with van der Waals surface area (Å²) in [5.74, 6) is 0.788. The second-order valence-corrected chi connectivity index (χ2v) is 3.88. The van der Waals surface area contributed by atoms with Gasteiger partial charge in [-0.2, -0.15) is 4.98 Å². The first-order valence-corrected chi connectivity index (χ1v) is 5.71. The maximum absolute atomic E-state index is 11.1. The third-order valence-corrected chi connectivity index (χ3v) is 2.13. The fraction of sp³-hybridized carbons (Fsp3) is 0.444. The van der Waals surface area contributed by atoms with Crippen LogP contribution in [0.3, 0.4) is 0 Å². The van der Waals surface area contributed by atoms with Crippen molar-refractivity contribution in [1.82, 2.24) is 15.3 Å². The van der Waals surface area contributed by atoms with Gasteiger partial charge in [-0.15, -0.1) is 0 Å². The van der Waals surface area contributed by atoms with Gasteiger partial charge >= 0.3 is 0 Å². The Morgan fingerprint density at radius 3 is 2.94 bits per heavy atom. The number of rotatable bonds is 5. The van der Waals surface area contributed by atoms with E-state index in [4.69, 9.17) is 5.73 Å². The zero-order valence-electron chi connectivity index (χ0n) is 8.96. The van der Waals surface area contributed by atoms with Crippen LogP contribution in [0.5, 0.6) is 0 Å². The molecule has 0 saturated carbocycles. The van der Waals surface area contributed by atoms with Gasteiger partial charge in [0.2, 0.25) is 11.9 Å². The van der Waals surface area contributed by atoms with E-state index in [0.717, 1.165) is 0 Å². The van der Waals surface area contributed by atoms with Gasteiger partial charge in [-0.1, -0.05) is 0 Å². The minimum Gasteiger partial charge on any atom is -0.383 e. The van der Waals surface area contributed by atoms with Crippen molar-refractivity contribution in [3.8, 4) is 0 Å². The van der Waals surface area contributed by atoms with Crippen molar-refractivity contribution in [1.29, 1.82) is 0 Å². The molecule has 1 aromatic heterocycles. The van der Waals surface area contributed by atoms with Gasteiger partial charge in [0.25, 0.3) is 0 Å². The van der Waals surface area contributed by atoms with Gasteiger partial charge in [-0.3, -0.25) is 4.79 Å². The van der Waals surface area contributed by atoms with E-state index in [1.54, 1.807) is 6.07 Å². The first-order valence-electron chi connectivity index (χ1n) is 4.92. The first kappa shape index (κ1) is 12.7. The Bertz CT molecular complexity index is 351. The lowest BCUT2D eigenvalue weighted by Crippen LogP contribution is -2.25. The smallest absolute Gasteiger partial charge is 0.225 e. The molecule has 7 heteroatoms. The number of aromatic nitrogens is 2. The average Bonchev–Trinajstić information content (AvgIpc) is 2.16. The number of hydrogen-bond acceptors (Lipinski definition) is 5. The van der Waals surface area contributed by atoms with Gasteiger partial charge in [0, 0.05) is 25.6 Å². The standard InChI is InChI=1S/C9H14BrN5O/c1-2-12-8(16)3-4-13-9-14-6(10)5-7(11)15-9/h5H,2-4H2,1H3,(H,12,16)(H3,11,13,14,15). The summed E-state index contributed by atoms with van der Waals surface area (Å²) in [5.41, 5.74) is 5.54. The van der Waals surface area contributed by atoms with E-state index in [0.29, 0.717) is 35.9 Å². The molecule has 0 aliphatic heterocycles. The van der Waals surface area contributed by atoms with E-state index < -0.39 is 0 Å². The van der Waals surface area contributed by atoms with Crippen molar-refractivity contribution >= 4 is 33.6 Å². The predicted molar refractivity (Wildman–Crippen MR) is 65.9 cm³/mol. The van der Waals surface area contributed by atoms with E-state index in [2.05, 4.69) is 36.5 Å². The summed E-state index contributed by atoms with van der Waals surface area (Å²) in [4.78, 5) is 19.2. The lowest BCUT2D eigenvalue weighted by atomic mass is 10.4. The van der Waals surface area contributed by atoms with Crippen LogP contribution in [-0.4, -0.2) is 29.0 Å². The average molecular weight is 288 g/mol. The number of halogens is 1. The number of nitrogens with zero attached hydrogens (tertiary/aromatic N) is 2. The van der Waals surface area contributed by atoms with Crippen LogP contribution in [0.2, 0.25) is 0 Å². The number of amides is 1. The zero-order valence-corrected chi connectivity index (χ0v) is 10.5. The van der Waals surface area contributed by atoms with Crippen molar-refractivity contribution in [2.24, 2.45) is 0 Å². The van der Waals surface area contributed by atoms with Gasteiger partial charge < -0.3 is 16.4 Å². The highest BCUT2D eigenvalue weighted by Gasteiger charge is 2.02. The number of anilines is 2. The molecule has 0 aromatic carbocycles. The molecule has 0 saturated heterocycles. The molecule has 1 rings (SSSR count). The summed E-state index contributed by atoms with van der Waals surface area (Å²) in [6, 6.07) is 1.61. The number of carbonyl (C=O) groups is 1. The van der Waals surface area contributed by atoms with Gasteiger partial charge in [-0.25, -0.2) is 4.98 Å². The van der Waals surface area contributed by atoms with Crippen LogP contribution in [0.4, 0.5) is 11.8 Å². The van der Waals surface area contributed by atoms with Crippen molar-refractivity contribution in [3.05, 3.63) is 10.7 Å². The normalized spacial score (nSPS) is 9.88. The zero-order chi connectivity index (χ0) is 12.0. The fourth-order valence-corrected chi connectivity index (χ4v) is 1.49. The van der Waals surface area contributed by atoms with E-state index in [1.165, 1.54) is 0 Å². The summed E-state index contributed by atoms with van der Waals surface area (Å²) in [6.45, 7) is 2.99. The second kappa shape index (κ2) is 6.26. The maximum atomic E-state index is 11.1. The molecule has 0 aliphatic carbocycles. The molecule has 6 nitrogen and oxygen atoms in total. The number of nitrogens with one attached hydrogen (secondary N) is 2. The molecule has 1 amide bonds. The summed E-state index contributed by atoms with van der Waals surface area (Å²) in [6.07, 6.45) is 0.379. The highest BCUT2D eigenvalue weighted by molar-refractivity contribution is 9.10. The Morgan fingerprint density at radius 1 is 1.56 bits per heavy atom. The fourth-order valence-electron chi connectivity index (χ4n) is 1.09. The number of nitrogen functional groups attached to an aromatic ring is 1. The first-order chi connectivity index (χ1) is 7.61. The van der Waals surface area contributed by atoms with Gasteiger partial charge in [0.1, 0.15) is 10.4 Å². The second-order valence-electron chi connectivity index (χ2n) is 3.07. The molecule has 0 atom stereocenters. The van der Waals surface area contributed by atoms with E-state index in [-0.39, 0.29) is 5.91 Å². The molecule has 0 unspecified atom stereocenters. The summed E-state index contributed by atoms with van der Waals surface area (Å²) in [5, 5.41) is 5.62. The SMILES string of the molecule is CCNC(=O)CCNc1nc(N)cc(Br)n1. The highest BCUT2D eigenvalue weighted by Crippen LogP contribution is 2.11. The van der Waals surface area contributed by atoms with Gasteiger partial charge in [0.15, 0.2) is 0 Å². The van der Waals surface area contributed by atoms with E-state index in [1.807, 2.05) is 6.92 Å². The minimum atomic E-state index is -0.00188. The molecule has 0 bridgehead atoms. The maximum Gasteiger partial charge on any atom is 0.225 e. The molecule has 1 heterocycles. The third kappa shape index (κ3) is 4.43.